The van der Waals surface area contributed by atoms with Gasteiger partial charge in [0.1, 0.15) is 4.88 Å². The minimum absolute atomic E-state index is 0.0406. The summed E-state index contributed by atoms with van der Waals surface area (Å²) in [5, 5.41) is 0. The molecule has 4 rings (SSSR count). The Balaban J connectivity index is 1.53. The van der Waals surface area contributed by atoms with Crippen LogP contribution in [0.1, 0.15) is 74.4 Å². The van der Waals surface area contributed by atoms with Gasteiger partial charge in [-0.15, -0.1) is 11.3 Å². The maximum Gasteiger partial charge on any atom is 0.350 e. The molecule has 1 aromatic heterocycles. The Hall–Kier alpha value is -0.710. The Bertz CT molecular complexity index is 792. The predicted molar refractivity (Wildman–Crippen MR) is 133 cm³/mol. The molecule has 0 bridgehead atoms. The number of hydrogen-bond donors (Lipinski definition) is 0. The highest BCUT2D eigenvalue weighted by Gasteiger charge is 2.38. The molecule has 1 aliphatic heterocycles. The second-order valence-electron chi connectivity index (χ2n) is 9.47. The van der Waals surface area contributed by atoms with Crippen LogP contribution in [0.4, 0.5) is 5.69 Å². The largest absolute Gasteiger partial charge is 0.465 e. The summed E-state index contributed by atoms with van der Waals surface area (Å²) in [6.07, 6.45) is 9.12. The van der Waals surface area contributed by atoms with E-state index in [0.29, 0.717) is 17.4 Å². The molecule has 2 saturated carbocycles. The maximum atomic E-state index is 13.9. The van der Waals surface area contributed by atoms with Gasteiger partial charge in [-0.25, -0.2) is 4.79 Å². The highest BCUT2D eigenvalue weighted by molar-refractivity contribution is 14.1. The maximum absolute atomic E-state index is 13.9. The van der Waals surface area contributed by atoms with Gasteiger partial charge in [-0.2, -0.15) is 0 Å². The molecule has 178 valence electrons. The lowest BCUT2D eigenvalue weighted by Gasteiger charge is -2.40. The smallest absolute Gasteiger partial charge is 0.350 e. The van der Waals surface area contributed by atoms with E-state index in [1.54, 1.807) is 0 Å². The zero-order chi connectivity index (χ0) is 22.7. The van der Waals surface area contributed by atoms with Gasteiger partial charge < -0.3 is 19.1 Å². The number of carbonyl (C=O) groups excluding carboxylic acids is 2. The van der Waals surface area contributed by atoms with Gasteiger partial charge in [0, 0.05) is 18.6 Å². The standard InChI is InChI=1S/C24H34INO5S/c1-15-3-5-16(6-4-15)23(27)26(20-13-21(25)32-22(20)24(28)29-2)17-7-9-18(10-8-17)31-19-11-12-30-14-19/h13,15-19H,3-12,14H2,1-2H3/t15-,16-,17-,18-,19?. The number of carbonyl (C=O) groups is 2. The third kappa shape index (κ3) is 5.67. The number of rotatable bonds is 6. The third-order valence-corrected chi connectivity index (χ3v) is 9.06. The van der Waals surface area contributed by atoms with Gasteiger partial charge in [0.15, 0.2) is 0 Å². The molecule has 1 saturated heterocycles. The van der Waals surface area contributed by atoms with E-state index in [2.05, 4.69) is 29.5 Å². The van der Waals surface area contributed by atoms with Gasteiger partial charge in [0.25, 0.3) is 0 Å². The average Bonchev–Trinajstić information content (AvgIpc) is 3.44. The summed E-state index contributed by atoms with van der Waals surface area (Å²) in [5.74, 6) is 0.553. The first kappa shape index (κ1) is 24.4. The van der Waals surface area contributed by atoms with Crippen molar-refractivity contribution in [3.63, 3.8) is 0 Å². The molecule has 0 aromatic carbocycles. The van der Waals surface area contributed by atoms with Crippen LogP contribution in [0.3, 0.4) is 0 Å². The number of ether oxygens (including phenoxy) is 3. The van der Waals surface area contributed by atoms with Crippen LogP contribution in [0.5, 0.6) is 0 Å². The average molecular weight is 576 g/mol. The van der Waals surface area contributed by atoms with E-state index < -0.39 is 0 Å². The summed E-state index contributed by atoms with van der Waals surface area (Å²) in [4.78, 5) is 28.9. The molecule has 1 unspecified atom stereocenters. The molecule has 3 aliphatic rings. The zero-order valence-corrected chi connectivity index (χ0v) is 22.0. The molecule has 2 heterocycles. The summed E-state index contributed by atoms with van der Waals surface area (Å²) in [6, 6.07) is 2.08. The third-order valence-electron chi connectivity index (χ3n) is 7.20. The lowest BCUT2D eigenvalue weighted by atomic mass is 9.81. The minimum Gasteiger partial charge on any atom is -0.465 e. The number of anilines is 1. The zero-order valence-electron chi connectivity index (χ0n) is 19.0. The SMILES string of the molecule is COC(=O)c1sc(I)cc1N(C(=O)[C@H]1CC[C@H](C)CC1)[C@H]1CC[C@H](OC2CCOC2)CC1. The van der Waals surface area contributed by atoms with Gasteiger partial charge >= 0.3 is 5.97 Å². The van der Waals surface area contributed by atoms with E-state index in [4.69, 9.17) is 14.2 Å². The van der Waals surface area contributed by atoms with Crippen LogP contribution in [-0.4, -0.2) is 50.4 Å². The Morgan fingerprint density at radius 1 is 1.06 bits per heavy atom. The molecule has 0 N–H and O–H groups in total. The predicted octanol–water partition coefficient (Wildman–Crippen LogP) is 5.42. The highest BCUT2D eigenvalue weighted by Crippen LogP contribution is 2.39. The molecular weight excluding hydrogens is 541 g/mol. The second kappa shape index (κ2) is 11.1. The topological polar surface area (TPSA) is 65.1 Å². The van der Waals surface area contributed by atoms with Crippen molar-refractivity contribution in [2.45, 2.75) is 83.0 Å². The Morgan fingerprint density at radius 2 is 1.78 bits per heavy atom. The molecule has 0 spiro atoms. The number of nitrogens with zero attached hydrogens (tertiary/aromatic N) is 1. The summed E-state index contributed by atoms with van der Waals surface area (Å²) >= 11 is 3.64. The molecule has 1 aromatic rings. The first-order valence-corrected chi connectivity index (χ1v) is 13.8. The quantitative estimate of drug-likeness (QED) is 0.335. The van der Waals surface area contributed by atoms with Crippen molar-refractivity contribution >= 4 is 51.5 Å². The number of hydrogen-bond acceptors (Lipinski definition) is 6. The lowest BCUT2D eigenvalue weighted by molar-refractivity contribution is -0.124. The van der Waals surface area contributed by atoms with Crippen molar-refractivity contribution in [3.8, 4) is 0 Å². The summed E-state index contributed by atoms with van der Waals surface area (Å²) in [7, 11) is 1.41. The number of thiophene rings is 1. The van der Waals surface area contributed by atoms with Gasteiger partial charge in [-0.05, 0) is 92.4 Å². The van der Waals surface area contributed by atoms with Crippen molar-refractivity contribution in [3.05, 3.63) is 13.8 Å². The van der Waals surface area contributed by atoms with Crippen molar-refractivity contribution in [1.29, 1.82) is 0 Å². The van der Waals surface area contributed by atoms with Gasteiger partial charge in [0.05, 0.1) is 34.5 Å². The van der Waals surface area contributed by atoms with Crippen LogP contribution in [0.25, 0.3) is 0 Å². The van der Waals surface area contributed by atoms with Crippen molar-refractivity contribution in [2.75, 3.05) is 25.2 Å². The fourth-order valence-corrected chi connectivity index (χ4v) is 7.05. The monoisotopic (exact) mass is 575 g/mol. The van der Waals surface area contributed by atoms with Crippen molar-refractivity contribution in [2.24, 2.45) is 11.8 Å². The molecule has 32 heavy (non-hydrogen) atoms. The van der Waals surface area contributed by atoms with E-state index in [-0.39, 0.29) is 36.0 Å². The van der Waals surface area contributed by atoms with Crippen molar-refractivity contribution < 1.29 is 23.8 Å². The normalized spacial score (nSPS) is 30.8. The molecule has 1 atom stereocenters. The minimum atomic E-state index is -0.360. The summed E-state index contributed by atoms with van der Waals surface area (Å²) in [6.45, 7) is 3.75. The Labute approximate surface area is 208 Å². The van der Waals surface area contributed by atoms with E-state index in [0.717, 1.165) is 73.0 Å². The van der Waals surface area contributed by atoms with Crippen LogP contribution in [0, 0.1) is 14.7 Å². The van der Waals surface area contributed by atoms with E-state index in [1.807, 2.05) is 11.0 Å². The fourth-order valence-electron chi connectivity index (χ4n) is 5.30. The number of esters is 1. The highest BCUT2D eigenvalue weighted by atomic mass is 127. The fraction of sp³-hybridized carbons (Fsp3) is 0.750. The van der Waals surface area contributed by atoms with E-state index >= 15 is 0 Å². The Morgan fingerprint density at radius 3 is 2.41 bits per heavy atom. The first-order chi connectivity index (χ1) is 15.5. The van der Waals surface area contributed by atoms with Crippen LogP contribution < -0.4 is 4.90 Å². The van der Waals surface area contributed by atoms with Crippen molar-refractivity contribution in [1.82, 2.24) is 0 Å². The number of halogens is 1. The summed E-state index contributed by atoms with van der Waals surface area (Å²) in [5.41, 5.74) is 0.739. The molecule has 6 nitrogen and oxygen atoms in total. The molecular formula is C24H34INO5S. The summed E-state index contributed by atoms with van der Waals surface area (Å²) < 4.78 is 17.8. The van der Waals surface area contributed by atoms with Gasteiger partial charge in [-0.3, -0.25) is 4.79 Å². The molecule has 3 fully saturated rings. The second-order valence-corrected chi connectivity index (χ2v) is 12.4. The number of methoxy groups -OCH3 is 1. The molecule has 0 radical (unpaired) electrons. The van der Waals surface area contributed by atoms with Crippen LogP contribution >= 0.6 is 33.9 Å². The van der Waals surface area contributed by atoms with Crippen LogP contribution in [0.15, 0.2) is 6.07 Å². The van der Waals surface area contributed by atoms with Crippen LogP contribution in [-0.2, 0) is 19.0 Å². The van der Waals surface area contributed by atoms with E-state index in [9.17, 15) is 9.59 Å². The van der Waals surface area contributed by atoms with E-state index in [1.165, 1.54) is 18.4 Å². The van der Waals surface area contributed by atoms with Crippen LogP contribution in [0.2, 0.25) is 0 Å². The number of amides is 1. The first-order valence-electron chi connectivity index (χ1n) is 11.9. The Kier molecular flexibility index (Phi) is 8.50. The molecule has 8 heteroatoms. The van der Waals surface area contributed by atoms with Gasteiger partial charge in [-0.1, -0.05) is 6.92 Å². The van der Waals surface area contributed by atoms with Gasteiger partial charge in [0.2, 0.25) is 5.91 Å². The molecule has 1 amide bonds. The molecule has 2 aliphatic carbocycles. The lowest BCUT2D eigenvalue weighted by Crippen LogP contribution is -2.47.